The van der Waals surface area contributed by atoms with Gasteiger partial charge in [0.2, 0.25) is 0 Å². The third-order valence-electron chi connectivity index (χ3n) is 3.37. The summed E-state index contributed by atoms with van der Waals surface area (Å²) in [6.45, 7) is 8.88. The highest BCUT2D eigenvalue weighted by Crippen LogP contribution is 2.32. The Kier molecular flexibility index (Phi) is 5.04. The number of nitrogens with zero attached hydrogens (tertiary/aromatic N) is 1. The van der Waals surface area contributed by atoms with Gasteiger partial charge in [0.25, 0.3) is 0 Å². The molecule has 1 heterocycles. The molecule has 3 heteroatoms. The Balaban J connectivity index is 2.25. The van der Waals surface area contributed by atoms with Crippen LogP contribution >= 0.6 is 15.9 Å². The Morgan fingerprint density at radius 2 is 1.86 bits per heavy atom. The monoisotopic (exact) mass is 346 g/mol. The SMILES string of the molecule is Cc1cc(NC(CC(C)(C)C)c2ccccc2)cnc1Br. The quantitative estimate of drug-likeness (QED) is 0.713. The molecule has 112 valence electrons. The summed E-state index contributed by atoms with van der Waals surface area (Å²) in [6.07, 6.45) is 2.95. The maximum absolute atomic E-state index is 4.38. The van der Waals surface area contributed by atoms with Crippen molar-refractivity contribution in [3.8, 4) is 0 Å². The van der Waals surface area contributed by atoms with Gasteiger partial charge in [-0.1, -0.05) is 51.1 Å². The number of hydrogen-bond acceptors (Lipinski definition) is 2. The topological polar surface area (TPSA) is 24.9 Å². The van der Waals surface area contributed by atoms with E-state index in [9.17, 15) is 0 Å². The molecule has 0 radical (unpaired) electrons. The molecule has 2 rings (SSSR count). The molecule has 2 aromatic rings. The minimum absolute atomic E-state index is 0.255. The molecule has 0 saturated carbocycles. The van der Waals surface area contributed by atoms with Crippen LogP contribution in [0.15, 0.2) is 47.2 Å². The van der Waals surface area contributed by atoms with Gasteiger partial charge < -0.3 is 5.32 Å². The van der Waals surface area contributed by atoms with Crippen LogP contribution in [0.3, 0.4) is 0 Å². The molecule has 0 fully saturated rings. The van der Waals surface area contributed by atoms with Crippen LogP contribution in [0.25, 0.3) is 0 Å². The van der Waals surface area contributed by atoms with Gasteiger partial charge in [0.1, 0.15) is 4.60 Å². The highest BCUT2D eigenvalue weighted by Gasteiger charge is 2.20. The summed E-state index contributed by atoms with van der Waals surface area (Å²) >= 11 is 3.45. The van der Waals surface area contributed by atoms with E-state index in [0.717, 1.165) is 22.3 Å². The molecular formula is C18H23BrN2. The number of anilines is 1. The zero-order chi connectivity index (χ0) is 15.5. The van der Waals surface area contributed by atoms with Crippen molar-refractivity contribution < 1.29 is 0 Å². The zero-order valence-corrected chi connectivity index (χ0v) is 14.7. The lowest BCUT2D eigenvalue weighted by Crippen LogP contribution is -2.18. The van der Waals surface area contributed by atoms with Gasteiger partial charge >= 0.3 is 0 Å². The summed E-state index contributed by atoms with van der Waals surface area (Å²) in [5.74, 6) is 0. The Hall–Kier alpha value is -1.35. The molecule has 2 nitrogen and oxygen atoms in total. The molecule has 0 amide bonds. The summed E-state index contributed by atoms with van der Waals surface area (Å²) in [6, 6.07) is 13.0. The van der Waals surface area contributed by atoms with Crippen LogP contribution in [-0.4, -0.2) is 4.98 Å². The molecule has 21 heavy (non-hydrogen) atoms. The van der Waals surface area contributed by atoms with Crippen LogP contribution in [0, 0.1) is 12.3 Å². The minimum atomic E-state index is 0.255. The molecule has 0 aliphatic carbocycles. The van der Waals surface area contributed by atoms with E-state index in [0.29, 0.717) is 0 Å². The lowest BCUT2D eigenvalue weighted by molar-refractivity contribution is 0.352. The molecule has 0 bridgehead atoms. The first-order chi connectivity index (χ1) is 9.85. The Bertz CT molecular complexity index is 588. The summed E-state index contributed by atoms with van der Waals surface area (Å²) in [5.41, 5.74) is 3.77. The molecule has 0 saturated heterocycles. The molecule has 0 aliphatic rings. The molecule has 1 atom stereocenters. The summed E-state index contributed by atoms with van der Waals surface area (Å²) in [5, 5.41) is 3.64. The average molecular weight is 347 g/mol. The van der Waals surface area contributed by atoms with Crippen LogP contribution in [0.4, 0.5) is 5.69 Å². The number of aryl methyl sites for hydroxylation is 1. The Morgan fingerprint density at radius 3 is 2.43 bits per heavy atom. The van der Waals surface area contributed by atoms with E-state index >= 15 is 0 Å². The van der Waals surface area contributed by atoms with Crippen molar-refractivity contribution >= 4 is 21.6 Å². The van der Waals surface area contributed by atoms with Crippen LogP contribution in [0.5, 0.6) is 0 Å². The second kappa shape index (κ2) is 6.61. The number of nitrogens with one attached hydrogen (secondary N) is 1. The van der Waals surface area contributed by atoms with Gasteiger partial charge in [-0.05, 0) is 51.9 Å². The fraction of sp³-hybridized carbons (Fsp3) is 0.389. The molecular weight excluding hydrogens is 324 g/mol. The van der Waals surface area contributed by atoms with E-state index in [1.807, 2.05) is 6.20 Å². The van der Waals surface area contributed by atoms with Crippen molar-refractivity contribution in [1.29, 1.82) is 0 Å². The third-order valence-corrected chi connectivity index (χ3v) is 4.20. The van der Waals surface area contributed by atoms with Crippen LogP contribution in [-0.2, 0) is 0 Å². The van der Waals surface area contributed by atoms with Crippen molar-refractivity contribution in [3.63, 3.8) is 0 Å². The number of halogens is 1. The average Bonchev–Trinajstić information content (AvgIpc) is 2.42. The second-order valence-corrected chi connectivity index (χ2v) is 7.46. The molecule has 0 spiro atoms. The van der Waals surface area contributed by atoms with E-state index < -0.39 is 0 Å². The van der Waals surface area contributed by atoms with Gasteiger partial charge in [0.15, 0.2) is 0 Å². The van der Waals surface area contributed by atoms with Crippen LogP contribution in [0.1, 0.15) is 44.4 Å². The smallest absolute Gasteiger partial charge is 0.109 e. The van der Waals surface area contributed by atoms with Crippen molar-refractivity contribution in [2.24, 2.45) is 5.41 Å². The van der Waals surface area contributed by atoms with Gasteiger partial charge in [0.05, 0.1) is 17.9 Å². The van der Waals surface area contributed by atoms with Crippen molar-refractivity contribution in [2.75, 3.05) is 5.32 Å². The highest BCUT2D eigenvalue weighted by atomic mass is 79.9. The van der Waals surface area contributed by atoms with Crippen molar-refractivity contribution in [3.05, 3.63) is 58.3 Å². The first kappa shape index (κ1) is 16.0. The predicted octanol–water partition coefficient (Wildman–Crippen LogP) is 5.74. The van der Waals surface area contributed by atoms with Gasteiger partial charge in [-0.2, -0.15) is 0 Å². The number of benzene rings is 1. The Labute approximate surface area is 136 Å². The summed E-state index contributed by atoms with van der Waals surface area (Å²) < 4.78 is 0.903. The van der Waals surface area contributed by atoms with Crippen LogP contribution < -0.4 is 5.32 Å². The standard InChI is InChI=1S/C18H23BrN2/c1-13-10-15(12-20-17(13)19)21-16(11-18(2,3)4)14-8-6-5-7-9-14/h5-10,12,16,21H,11H2,1-4H3. The lowest BCUT2D eigenvalue weighted by atomic mass is 9.85. The van der Waals surface area contributed by atoms with Gasteiger partial charge in [-0.25, -0.2) is 4.98 Å². The second-order valence-electron chi connectivity index (χ2n) is 6.70. The van der Waals surface area contributed by atoms with E-state index in [1.165, 1.54) is 5.56 Å². The summed E-state index contributed by atoms with van der Waals surface area (Å²) in [4.78, 5) is 4.38. The molecule has 1 aromatic heterocycles. The first-order valence-electron chi connectivity index (χ1n) is 7.29. The largest absolute Gasteiger partial charge is 0.377 e. The maximum Gasteiger partial charge on any atom is 0.109 e. The van der Waals surface area contributed by atoms with E-state index in [-0.39, 0.29) is 11.5 Å². The van der Waals surface area contributed by atoms with Crippen molar-refractivity contribution in [1.82, 2.24) is 4.98 Å². The van der Waals surface area contributed by atoms with Gasteiger partial charge in [0, 0.05) is 0 Å². The molecule has 0 aliphatic heterocycles. The van der Waals surface area contributed by atoms with Crippen LogP contribution in [0.2, 0.25) is 0 Å². The predicted molar refractivity (Wildman–Crippen MR) is 93.6 cm³/mol. The third kappa shape index (κ3) is 4.85. The normalized spacial score (nSPS) is 13.0. The highest BCUT2D eigenvalue weighted by molar-refractivity contribution is 9.10. The van der Waals surface area contributed by atoms with E-state index in [1.54, 1.807) is 0 Å². The van der Waals surface area contributed by atoms with E-state index in [4.69, 9.17) is 0 Å². The molecule has 1 aromatic carbocycles. The lowest BCUT2D eigenvalue weighted by Gasteiger charge is -2.28. The minimum Gasteiger partial charge on any atom is -0.377 e. The number of aromatic nitrogens is 1. The van der Waals surface area contributed by atoms with Crippen molar-refractivity contribution in [2.45, 2.75) is 40.2 Å². The van der Waals surface area contributed by atoms with Gasteiger partial charge in [-0.3, -0.25) is 0 Å². The number of pyridine rings is 1. The number of hydrogen-bond donors (Lipinski definition) is 1. The number of rotatable bonds is 4. The van der Waals surface area contributed by atoms with E-state index in [2.05, 4.69) is 90.3 Å². The fourth-order valence-electron chi connectivity index (χ4n) is 2.39. The first-order valence-corrected chi connectivity index (χ1v) is 8.08. The fourth-order valence-corrected chi connectivity index (χ4v) is 2.60. The Morgan fingerprint density at radius 1 is 1.19 bits per heavy atom. The summed E-state index contributed by atoms with van der Waals surface area (Å²) in [7, 11) is 0. The van der Waals surface area contributed by atoms with Gasteiger partial charge in [-0.15, -0.1) is 0 Å². The molecule has 1 unspecified atom stereocenters. The zero-order valence-electron chi connectivity index (χ0n) is 13.2. The molecule has 1 N–H and O–H groups in total. The maximum atomic E-state index is 4.38.